The van der Waals surface area contributed by atoms with Crippen molar-refractivity contribution in [1.82, 2.24) is 19.7 Å². The van der Waals surface area contributed by atoms with Gasteiger partial charge in [0.15, 0.2) is 0 Å². The van der Waals surface area contributed by atoms with Crippen LogP contribution in [0.3, 0.4) is 0 Å². The molecule has 0 bridgehead atoms. The summed E-state index contributed by atoms with van der Waals surface area (Å²) in [7, 11) is 3.86. The average Bonchev–Trinajstić information content (AvgIpc) is 2.65. The van der Waals surface area contributed by atoms with Gasteiger partial charge in [0.2, 0.25) is 5.91 Å². The number of nitrogens with zero attached hydrogens (tertiary/aromatic N) is 4. The second-order valence-corrected chi connectivity index (χ2v) is 7.25. The minimum atomic E-state index is -0.403. The van der Waals surface area contributed by atoms with E-state index in [1.807, 2.05) is 19.0 Å². The largest absolute Gasteiger partial charge is 0.339 e. The molecular weight excluding hydrogens is 371 g/mol. The van der Waals surface area contributed by atoms with Crippen LogP contribution in [0.5, 0.6) is 0 Å². The van der Waals surface area contributed by atoms with E-state index in [-0.39, 0.29) is 17.0 Å². The number of fused-ring (bicyclic) bond motifs is 1. The maximum atomic E-state index is 13.3. The average molecular weight is 393 g/mol. The molecule has 0 saturated carbocycles. The Kier molecular flexibility index (Phi) is 5.92. The van der Waals surface area contributed by atoms with E-state index in [0.29, 0.717) is 55.6 Å². The maximum Gasteiger partial charge on any atom is 0.257 e. The van der Waals surface area contributed by atoms with E-state index < -0.39 is 5.82 Å². The molecule has 0 atom stereocenters. The standard InChI is InChI=1S/C19H22ClFN4O2/c1-23(2)6-5-17(26)24-7-9-25(10-8-24)19(27)15-11-13-3-4-14(21)12-16(13)22-18(15)20/h3-4,11-12H,5-10H2,1-2H3. The Balaban J connectivity index is 1.67. The first-order chi connectivity index (χ1) is 12.8. The van der Waals surface area contributed by atoms with Gasteiger partial charge in [0.05, 0.1) is 11.1 Å². The highest BCUT2D eigenvalue weighted by molar-refractivity contribution is 6.33. The van der Waals surface area contributed by atoms with E-state index in [2.05, 4.69) is 4.98 Å². The van der Waals surface area contributed by atoms with Crippen molar-refractivity contribution in [2.45, 2.75) is 6.42 Å². The second-order valence-electron chi connectivity index (χ2n) is 6.89. The number of hydrogen-bond acceptors (Lipinski definition) is 4. The minimum absolute atomic E-state index is 0.0580. The van der Waals surface area contributed by atoms with Gasteiger partial charge in [-0.25, -0.2) is 9.37 Å². The molecule has 1 saturated heterocycles. The van der Waals surface area contributed by atoms with Crippen molar-refractivity contribution in [3.05, 3.63) is 40.8 Å². The van der Waals surface area contributed by atoms with Crippen LogP contribution < -0.4 is 0 Å². The normalized spacial score (nSPS) is 14.9. The molecule has 6 nitrogen and oxygen atoms in total. The number of piperazine rings is 1. The lowest BCUT2D eigenvalue weighted by molar-refractivity contribution is -0.132. The SMILES string of the molecule is CN(C)CCC(=O)N1CCN(C(=O)c2cc3ccc(F)cc3nc2Cl)CC1. The number of pyridine rings is 1. The summed E-state index contributed by atoms with van der Waals surface area (Å²) in [5.41, 5.74) is 0.705. The molecule has 27 heavy (non-hydrogen) atoms. The van der Waals surface area contributed by atoms with Crippen LogP contribution in [0.15, 0.2) is 24.3 Å². The number of aromatic nitrogens is 1. The van der Waals surface area contributed by atoms with Gasteiger partial charge in [-0.15, -0.1) is 0 Å². The van der Waals surface area contributed by atoms with Gasteiger partial charge in [-0.2, -0.15) is 0 Å². The van der Waals surface area contributed by atoms with Gasteiger partial charge in [-0.05, 0) is 32.3 Å². The van der Waals surface area contributed by atoms with Crippen LogP contribution >= 0.6 is 11.6 Å². The fourth-order valence-corrected chi connectivity index (χ4v) is 3.30. The zero-order valence-corrected chi connectivity index (χ0v) is 16.2. The van der Waals surface area contributed by atoms with Gasteiger partial charge >= 0.3 is 0 Å². The lowest BCUT2D eigenvalue weighted by Crippen LogP contribution is -2.51. The molecule has 0 radical (unpaired) electrons. The molecule has 2 aromatic rings. The molecule has 0 N–H and O–H groups in total. The third-order valence-corrected chi connectivity index (χ3v) is 4.94. The molecular formula is C19H22ClFN4O2. The van der Waals surface area contributed by atoms with Crippen molar-refractivity contribution in [3.63, 3.8) is 0 Å². The predicted molar refractivity (Wildman–Crippen MR) is 102 cm³/mol. The first-order valence-electron chi connectivity index (χ1n) is 8.83. The van der Waals surface area contributed by atoms with E-state index in [9.17, 15) is 14.0 Å². The highest BCUT2D eigenvalue weighted by Crippen LogP contribution is 2.23. The fraction of sp³-hybridized carbons (Fsp3) is 0.421. The summed E-state index contributed by atoms with van der Waals surface area (Å²) in [6.45, 7) is 2.61. The molecule has 0 spiro atoms. The molecule has 8 heteroatoms. The van der Waals surface area contributed by atoms with Gasteiger partial charge in [0, 0.05) is 50.6 Å². The zero-order valence-electron chi connectivity index (χ0n) is 15.4. The maximum absolute atomic E-state index is 13.3. The van der Waals surface area contributed by atoms with E-state index in [4.69, 9.17) is 11.6 Å². The van der Waals surface area contributed by atoms with Crippen LogP contribution in [0.4, 0.5) is 4.39 Å². The fourth-order valence-electron chi connectivity index (χ4n) is 3.07. The number of halogens is 2. The van der Waals surface area contributed by atoms with Gasteiger partial charge in [-0.3, -0.25) is 9.59 Å². The van der Waals surface area contributed by atoms with Crippen molar-refractivity contribution in [3.8, 4) is 0 Å². The molecule has 1 fully saturated rings. The summed E-state index contributed by atoms with van der Waals surface area (Å²) in [4.78, 5) is 34.6. The summed E-state index contributed by atoms with van der Waals surface area (Å²) in [5, 5.41) is 0.712. The molecule has 2 amide bonds. The van der Waals surface area contributed by atoms with Crippen molar-refractivity contribution in [2.75, 3.05) is 46.8 Å². The predicted octanol–water partition coefficient (Wildman–Crippen LogP) is 2.26. The first-order valence-corrected chi connectivity index (χ1v) is 9.20. The Morgan fingerprint density at radius 3 is 2.48 bits per heavy atom. The number of carbonyl (C=O) groups is 2. The lowest BCUT2D eigenvalue weighted by atomic mass is 10.1. The van der Waals surface area contributed by atoms with Crippen LogP contribution in [0.1, 0.15) is 16.8 Å². The van der Waals surface area contributed by atoms with E-state index in [1.54, 1.807) is 21.9 Å². The topological polar surface area (TPSA) is 56.8 Å². The van der Waals surface area contributed by atoms with Crippen molar-refractivity contribution in [2.24, 2.45) is 0 Å². The first kappa shape index (κ1) is 19.5. The molecule has 3 rings (SSSR count). The third kappa shape index (κ3) is 4.54. The Hall–Kier alpha value is -2.25. The summed E-state index contributed by atoms with van der Waals surface area (Å²) in [6.07, 6.45) is 0.470. The van der Waals surface area contributed by atoms with Crippen LogP contribution in [0.2, 0.25) is 5.15 Å². The number of carbonyl (C=O) groups excluding carboxylic acids is 2. The second kappa shape index (κ2) is 8.19. The van der Waals surface area contributed by atoms with Crippen LogP contribution in [0, 0.1) is 5.82 Å². The Labute approximate surface area is 162 Å². The van der Waals surface area contributed by atoms with Crippen LogP contribution in [0.25, 0.3) is 10.9 Å². The van der Waals surface area contributed by atoms with E-state index in [1.165, 1.54) is 12.1 Å². The molecule has 0 unspecified atom stereocenters. The Morgan fingerprint density at radius 1 is 1.15 bits per heavy atom. The third-order valence-electron chi connectivity index (χ3n) is 4.66. The zero-order chi connectivity index (χ0) is 19.6. The molecule has 0 aliphatic carbocycles. The number of rotatable bonds is 4. The number of hydrogen-bond donors (Lipinski definition) is 0. The molecule has 1 aliphatic heterocycles. The highest BCUT2D eigenvalue weighted by atomic mass is 35.5. The summed E-state index contributed by atoms with van der Waals surface area (Å²) < 4.78 is 13.3. The van der Waals surface area contributed by atoms with E-state index >= 15 is 0 Å². The van der Waals surface area contributed by atoms with Gasteiger partial charge in [0.25, 0.3) is 5.91 Å². The Morgan fingerprint density at radius 2 is 1.81 bits per heavy atom. The molecule has 1 aliphatic rings. The molecule has 144 valence electrons. The monoisotopic (exact) mass is 392 g/mol. The smallest absolute Gasteiger partial charge is 0.257 e. The minimum Gasteiger partial charge on any atom is -0.339 e. The van der Waals surface area contributed by atoms with Crippen molar-refractivity contribution in [1.29, 1.82) is 0 Å². The lowest BCUT2D eigenvalue weighted by Gasteiger charge is -2.35. The molecule has 1 aromatic heterocycles. The van der Waals surface area contributed by atoms with E-state index in [0.717, 1.165) is 0 Å². The van der Waals surface area contributed by atoms with Crippen molar-refractivity contribution >= 4 is 34.3 Å². The summed E-state index contributed by atoms with van der Waals surface area (Å²) >= 11 is 6.17. The highest BCUT2D eigenvalue weighted by Gasteiger charge is 2.26. The summed E-state index contributed by atoms with van der Waals surface area (Å²) in [5.74, 6) is -0.525. The number of amides is 2. The van der Waals surface area contributed by atoms with Crippen LogP contribution in [-0.2, 0) is 4.79 Å². The number of benzene rings is 1. The Bertz CT molecular complexity index is 866. The van der Waals surface area contributed by atoms with Gasteiger partial charge in [0.1, 0.15) is 11.0 Å². The van der Waals surface area contributed by atoms with Crippen LogP contribution in [-0.4, -0.2) is 78.3 Å². The van der Waals surface area contributed by atoms with Crippen molar-refractivity contribution < 1.29 is 14.0 Å². The quantitative estimate of drug-likeness (QED) is 0.749. The molecule has 2 heterocycles. The molecule has 1 aromatic carbocycles. The summed E-state index contributed by atoms with van der Waals surface area (Å²) in [6, 6.07) is 5.82. The van der Waals surface area contributed by atoms with Gasteiger partial charge in [-0.1, -0.05) is 11.6 Å². The van der Waals surface area contributed by atoms with Gasteiger partial charge < -0.3 is 14.7 Å².